The number of aliphatic hydroxyl groups is 6. The molecule has 0 unspecified atom stereocenters. The van der Waals surface area contributed by atoms with E-state index < -0.39 is 67.8 Å². The van der Waals surface area contributed by atoms with Gasteiger partial charge >= 0.3 is 0 Å². The van der Waals surface area contributed by atoms with Crippen LogP contribution in [0, 0.1) is 0 Å². The number of carbonyl (C=O) groups excluding carboxylic acids is 1. The topological polar surface area (TPSA) is 178 Å². The second-order valence-electron chi connectivity index (χ2n) is 5.82. The molecule has 11 nitrogen and oxygen atoms in total. The summed E-state index contributed by atoms with van der Waals surface area (Å²) in [5.41, 5.74) is 0. The van der Waals surface area contributed by atoms with E-state index in [1.165, 1.54) is 6.92 Å². The monoisotopic (exact) mass is 353 g/mol. The molecule has 0 bridgehead atoms. The fourth-order valence-corrected chi connectivity index (χ4v) is 2.64. The molecule has 0 aromatic heterocycles. The van der Waals surface area contributed by atoms with Crippen molar-refractivity contribution in [3.05, 3.63) is 0 Å². The van der Waals surface area contributed by atoms with Crippen molar-refractivity contribution in [2.45, 2.75) is 62.2 Å². The van der Waals surface area contributed by atoms with Crippen LogP contribution in [-0.2, 0) is 19.0 Å². The third-order valence-electron chi connectivity index (χ3n) is 3.98. The molecule has 0 aromatic rings. The number of ether oxygens (including phenoxy) is 3. The van der Waals surface area contributed by atoms with Crippen molar-refractivity contribution in [3.8, 4) is 0 Å². The predicted molar refractivity (Wildman–Crippen MR) is 74.2 cm³/mol. The van der Waals surface area contributed by atoms with Gasteiger partial charge in [-0.1, -0.05) is 0 Å². The van der Waals surface area contributed by atoms with Crippen LogP contribution in [-0.4, -0.2) is 105 Å². The number of hydrogen-bond donors (Lipinski definition) is 7. The van der Waals surface area contributed by atoms with Crippen LogP contribution in [0.4, 0.5) is 0 Å². The van der Waals surface area contributed by atoms with Gasteiger partial charge in [0.1, 0.15) is 36.6 Å². The summed E-state index contributed by atoms with van der Waals surface area (Å²) in [6.07, 6.45) is -11.6. The van der Waals surface area contributed by atoms with Crippen molar-refractivity contribution in [1.82, 2.24) is 5.32 Å². The standard InChI is InChI=1S/C13H23NO10/c1-4(16)14-7-5(17)3-22-12(9(7)19)24-13-11(21)10(20)8(18)6(2-15)23-13/h5-13,15,17-21H,2-3H2,1H3,(H,14,16)/t5-,6-,7+,8+,9-,10+,11-,12+,13+/m1/s1. The summed E-state index contributed by atoms with van der Waals surface area (Å²) in [4.78, 5) is 11.1. The first-order chi connectivity index (χ1) is 11.3. The molecule has 2 rings (SSSR count). The van der Waals surface area contributed by atoms with Crippen molar-refractivity contribution in [2.75, 3.05) is 13.2 Å². The number of hydrogen-bond acceptors (Lipinski definition) is 10. The SMILES string of the molecule is CC(=O)N[C@@H]1[C@@H](O)[C@H](O[C@@H]2O[C@H](CO)[C@H](O)[C@H](O)[C@H]2O)OC[C@H]1O. The quantitative estimate of drug-likeness (QED) is 0.260. The minimum absolute atomic E-state index is 0.260. The Kier molecular flexibility index (Phi) is 6.47. The second kappa shape index (κ2) is 7.99. The zero-order valence-corrected chi connectivity index (χ0v) is 12.9. The zero-order chi connectivity index (χ0) is 18.0. The number of nitrogens with one attached hydrogen (secondary N) is 1. The van der Waals surface area contributed by atoms with E-state index in [2.05, 4.69) is 5.32 Å². The van der Waals surface area contributed by atoms with E-state index >= 15 is 0 Å². The van der Waals surface area contributed by atoms with Gasteiger partial charge in [0.15, 0.2) is 12.6 Å². The average molecular weight is 353 g/mol. The average Bonchev–Trinajstić information content (AvgIpc) is 2.54. The lowest BCUT2D eigenvalue weighted by atomic mass is 9.99. The number of rotatable bonds is 4. The Bertz CT molecular complexity index is 435. The Labute approximate surface area is 137 Å². The van der Waals surface area contributed by atoms with Gasteiger partial charge in [-0.05, 0) is 0 Å². The van der Waals surface area contributed by atoms with Gasteiger partial charge in [0, 0.05) is 6.92 Å². The molecule has 2 aliphatic heterocycles. The van der Waals surface area contributed by atoms with E-state index in [4.69, 9.17) is 19.3 Å². The molecule has 0 aromatic carbocycles. The van der Waals surface area contributed by atoms with Gasteiger partial charge in [-0.2, -0.15) is 0 Å². The molecular weight excluding hydrogens is 330 g/mol. The van der Waals surface area contributed by atoms with Crippen LogP contribution < -0.4 is 5.32 Å². The zero-order valence-electron chi connectivity index (χ0n) is 12.9. The Morgan fingerprint density at radius 1 is 1.08 bits per heavy atom. The first-order valence-electron chi connectivity index (χ1n) is 7.47. The van der Waals surface area contributed by atoms with Gasteiger partial charge in [0.2, 0.25) is 5.91 Å². The van der Waals surface area contributed by atoms with Gasteiger partial charge in [0.25, 0.3) is 0 Å². The summed E-state index contributed by atoms with van der Waals surface area (Å²) in [6.45, 7) is 0.318. The van der Waals surface area contributed by atoms with Crippen LogP contribution in [0.5, 0.6) is 0 Å². The van der Waals surface area contributed by atoms with Crippen molar-refractivity contribution < 1.29 is 49.6 Å². The molecule has 0 spiro atoms. The van der Waals surface area contributed by atoms with Gasteiger partial charge in [-0.3, -0.25) is 4.79 Å². The maximum Gasteiger partial charge on any atom is 0.217 e. The van der Waals surface area contributed by atoms with Crippen molar-refractivity contribution in [3.63, 3.8) is 0 Å². The van der Waals surface area contributed by atoms with Crippen LogP contribution in [0.3, 0.4) is 0 Å². The maximum atomic E-state index is 11.1. The molecule has 0 radical (unpaired) electrons. The van der Waals surface area contributed by atoms with Crippen LogP contribution >= 0.6 is 0 Å². The van der Waals surface area contributed by atoms with Gasteiger partial charge in [0.05, 0.1) is 19.3 Å². The Balaban J connectivity index is 2.04. The summed E-state index contributed by atoms with van der Waals surface area (Å²) in [5.74, 6) is -0.480. The molecule has 0 saturated carbocycles. The summed E-state index contributed by atoms with van der Waals surface area (Å²) in [5, 5.41) is 60.8. The Hall–Kier alpha value is -0.890. The molecule has 2 heterocycles. The van der Waals surface area contributed by atoms with Crippen molar-refractivity contribution in [2.24, 2.45) is 0 Å². The van der Waals surface area contributed by atoms with Gasteiger partial charge < -0.3 is 50.2 Å². The lowest BCUT2D eigenvalue weighted by Gasteiger charge is -2.43. The smallest absolute Gasteiger partial charge is 0.217 e. The maximum absolute atomic E-state index is 11.1. The summed E-state index contributed by atoms with van der Waals surface area (Å²) >= 11 is 0. The summed E-state index contributed by atoms with van der Waals surface area (Å²) in [6, 6.07) is -1.06. The van der Waals surface area contributed by atoms with E-state index in [1.54, 1.807) is 0 Å². The first-order valence-corrected chi connectivity index (χ1v) is 7.47. The largest absolute Gasteiger partial charge is 0.394 e. The third kappa shape index (κ3) is 4.02. The lowest BCUT2D eigenvalue weighted by Crippen LogP contribution is -2.64. The number of aliphatic hydroxyl groups excluding tert-OH is 6. The van der Waals surface area contributed by atoms with Crippen LogP contribution in [0.15, 0.2) is 0 Å². The molecule has 1 amide bonds. The highest BCUT2D eigenvalue weighted by atomic mass is 16.8. The fourth-order valence-electron chi connectivity index (χ4n) is 2.64. The summed E-state index contributed by atoms with van der Waals surface area (Å²) in [7, 11) is 0. The molecule has 0 aliphatic carbocycles. The number of amides is 1. The normalized spacial score (nSPS) is 46.5. The highest BCUT2D eigenvalue weighted by Crippen LogP contribution is 2.26. The van der Waals surface area contributed by atoms with Gasteiger partial charge in [-0.25, -0.2) is 0 Å². The highest BCUT2D eigenvalue weighted by Gasteiger charge is 2.47. The third-order valence-corrected chi connectivity index (χ3v) is 3.98. The Morgan fingerprint density at radius 2 is 1.75 bits per heavy atom. The molecule has 11 heteroatoms. The molecule has 9 atom stereocenters. The van der Waals surface area contributed by atoms with Crippen LogP contribution in [0.2, 0.25) is 0 Å². The first kappa shape index (κ1) is 19.4. The van der Waals surface area contributed by atoms with E-state index in [9.17, 15) is 30.3 Å². The molecular formula is C13H23NO10. The minimum atomic E-state index is -1.66. The minimum Gasteiger partial charge on any atom is -0.394 e. The van der Waals surface area contributed by atoms with Crippen LogP contribution in [0.1, 0.15) is 6.92 Å². The fraction of sp³-hybridized carbons (Fsp3) is 0.923. The molecule has 2 fully saturated rings. The molecule has 7 N–H and O–H groups in total. The van der Waals surface area contributed by atoms with Crippen LogP contribution in [0.25, 0.3) is 0 Å². The van der Waals surface area contributed by atoms with E-state index in [0.717, 1.165) is 0 Å². The molecule has 140 valence electrons. The second-order valence-corrected chi connectivity index (χ2v) is 5.82. The van der Waals surface area contributed by atoms with E-state index in [0.29, 0.717) is 0 Å². The predicted octanol–water partition coefficient (Wildman–Crippen LogP) is -4.61. The highest BCUT2D eigenvalue weighted by molar-refractivity contribution is 5.73. The van der Waals surface area contributed by atoms with E-state index in [-0.39, 0.29) is 6.61 Å². The summed E-state index contributed by atoms with van der Waals surface area (Å²) < 4.78 is 15.6. The molecule has 24 heavy (non-hydrogen) atoms. The molecule has 2 saturated heterocycles. The number of carbonyl (C=O) groups is 1. The Morgan fingerprint density at radius 3 is 2.33 bits per heavy atom. The molecule has 2 aliphatic rings. The lowest BCUT2D eigenvalue weighted by molar-refractivity contribution is -0.358. The van der Waals surface area contributed by atoms with E-state index in [1.807, 2.05) is 0 Å². The van der Waals surface area contributed by atoms with Crippen molar-refractivity contribution in [1.29, 1.82) is 0 Å². The van der Waals surface area contributed by atoms with Gasteiger partial charge in [-0.15, -0.1) is 0 Å². The van der Waals surface area contributed by atoms with Crippen molar-refractivity contribution >= 4 is 5.91 Å².